The number of carbonyl (C=O) groups excluding carboxylic acids is 1. The Morgan fingerprint density at radius 1 is 1.00 bits per heavy atom. The molecular formula is C26H25N3O4S. The van der Waals surface area contributed by atoms with Crippen molar-refractivity contribution >= 4 is 32.5 Å². The highest BCUT2D eigenvalue weighted by Gasteiger charge is 2.25. The van der Waals surface area contributed by atoms with Crippen molar-refractivity contribution in [2.45, 2.75) is 43.5 Å². The van der Waals surface area contributed by atoms with Crippen LogP contribution < -0.4 is 10.7 Å². The number of nitrogens with one attached hydrogen (secondary N) is 1. The minimum Gasteiger partial charge on any atom is -0.324 e. The summed E-state index contributed by atoms with van der Waals surface area (Å²) in [5.74, 6) is -0.354. The number of sulfone groups is 1. The maximum atomic E-state index is 13.4. The zero-order valence-corrected chi connectivity index (χ0v) is 20.0. The topological polar surface area (TPSA) is 98.1 Å². The molecule has 7 nitrogen and oxygen atoms in total. The predicted octanol–water partition coefficient (Wildman–Crippen LogP) is 4.05. The van der Waals surface area contributed by atoms with Crippen LogP contribution in [0.25, 0.3) is 11.0 Å². The summed E-state index contributed by atoms with van der Waals surface area (Å²) in [4.78, 5) is 30.2. The first-order valence-electron chi connectivity index (χ1n) is 10.9. The van der Waals surface area contributed by atoms with Crippen molar-refractivity contribution in [2.75, 3.05) is 5.32 Å². The molecule has 0 fully saturated rings. The van der Waals surface area contributed by atoms with Crippen LogP contribution in [-0.4, -0.2) is 23.9 Å². The van der Waals surface area contributed by atoms with Gasteiger partial charge in [0.2, 0.25) is 21.2 Å². The van der Waals surface area contributed by atoms with Crippen LogP contribution in [0.15, 0.2) is 81.4 Å². The highest BCUT2D eigenvalue weighted by Crippen LogP contribution is 2.22. The van der Waals surface area contributed by atoms with E-state index in [4.69, 9.17) is 0 Å². The van der Waals surface area contributed by atoms with Crippen LogP contribution >= 0.6 is 0 Å². The first-order chi connectivity index (χ1) is 16.2. The van der Waals surface area contributed by atoms with E-state index in [-0.39, 0.29) is 28.4 Å². The molecule has 4 rings (SSSR count). The van der Waals surface area contributed by atoms with Crippen LogP contribution in [0.2, 0.25) is 0 Å². The Hall–Kier alpha value is -3.78. The Morgan fingerprint density at radius 2 is 1.71 bits per heavy atom. The number of fused-ring (bicyclic) bond motifs is 1. The van der Waals surface area contributed by atoms with E-state index >= 15 is 0 Å². The quantitative estimate of drug-likeness (QED) is 0.454. The molecule has 2 aromatic carbocycles. The molecule has 2 heterocycles. The normalized spacial score (nSPS) is 11.5. The average Bonchev–Trinajstić information content (AvgIpc) is 2.81. The summed E-state index contributed by atoms with van der Waals surface area (Å²) in [6.45, 7) is 5.41. The van der Waals surface area contributed by atoms with Crippen LogP contribution in [0.5, 0.6) is 0 Å². The van der Waals surface area contributed by atoms with Crippen molar-refractivity contribution in [3.8, 4) is 0 Å². The van der Waals surface area contributed by atoms with Gasteiger partial charge in [-0.05, 0) is 56.2 Å². The molecule has 0 atom stereocenters. The Bertz CT molecular complexity index is 1560. The van der Waals surface area contributed by atoms with Gasteiger partial charge in [0.05, 0.1) is 10.3 Å². The van der Waals surface area contributed by atoms with Crippen LogP contribution in [0, 0.1) is 13.8 Å². The van der Waals surface area contributed by atoms with E-state index in [0.29, 0.717) is 11.4 Å². The highest BCUT2D eigenvalue weighted by molar-refractivity contribution is 7.91. The van der Waals surface area contributed by atoms with Crippen LogP contribution in [0.1, 0.15) is 23.7 Å². The number of benzene rings is 2. The summed E-state index contributed by atoms with van der Waals surface area (Å²) in [6.07, 6.45) is 1.97. The monoisotopic (exact) mass is 475 g/mol. The number of hydrogen-bond acceptors (Lipinski definition) is 5. The molecule has 0 radical (unpaired) electrons. The van der Waals surface area contributed by atoms with E-state index in [9.17, 15) is 18.0 Å². The maximum absolute atomic E-state index is 13.4. The average molecular weight is 476 g/mol. The second-order valence-electron chi connectivity index (χ2n) is 8.15. The Balaban J connectivity index is 1.82. The third kappa shape index (κ3) is 4.49. The molecule has 4 aromatic rings. The van der Waals surface area contributed by atoms with E-state index in [1.54, 1.807) is 31.2 Å². The molecule has 8 heteroatoms. The van der Waals surface area contributed by atoms with Gasteiger partial charge in [0, 0.05) is 17.6 Å². The number of para-hydroxylation sites is 1. The molecule has 34 heavy (non-hydrogen) atoms. The Morgan fingerprint density at radius 3 is 2.41 bits per heavy atom. The predicted molar refractivity (Wildman–Crippen MR) is 132 cm³/mol. The molecule has 0 aliphatic heterocycles. The molecule has 0 unspecified atom stereocenters. The van der Waals surface area contributed by atoms with Gasteiger partial charge >= 0.3 is 0 Å². The fourth-order valence-electron chi connectivity index (χ4n) is 3.78. The second kappa shape index (κ2) is 9.23. The lowest BCUT2D eigenvalue weighted by Crippen LogP contribution is -2.24. The number of aromatic nitrogens is 2. The van der Waals surface area contributed by atoms with Crippen molar-refractivity contribution in [3.05, 3.63) is 93.9 Å². The summed E-state index contributed by atoms with van der Waals surface area (Å²) < 4.78 is 28.1. The minimum absolute atomic E-state index is 0.0162. The van der Waals surface area contributed by atoms with Gasteiger partial charge in [-0.1, -0.05) is 42.8 Å². The van der Waals surface area contributed by atoms with E-state index in [0.717, 1.165) is 17.5 Å². The number of anilines is 1. The van der Waals surface area contributed by atoms with E-state index < -0.39 is 20.2 Å². The number of hydrogen-bond donors (Lipinski definition) is 1. The van der Waals surface area contributed by atoms with Crippen LogP contribution in [0.3, 0.4) is 0 Å². The van der Waals surface area contributed by atoms with E-state index in [1.165, 1.54) is 22.9 Å². The smallest absolute Gasteiger partial charge is 0.244 e. The van der Waals surface area contributed by atoms with Gasteiger partial charge in [-0.25, -0.2) is 13.4 Å². The fourth-order valence-corrected chi connectivity index (χ4v) is 5.15. The van der Waals surface area contributed by atoms with E-state index in [1.807, 2.05) is 38.1 Å². The molecular weight excluding hydrogens is 450 g/mol. The van der Waals surface area contributed by atoms with Crippen LogP contribution in [-0.2, 0) is 27.6 Å². The largest absolute Gasteiger partial charge is 0.324 e. The third-order valence-corrected chi connectivity index (χ3v) is 7.40. The molecule has 2 aromatic heterocycles. The molecule has 0 saturated heterocycles. The van der Waals surface area contributed by atoms with Crippen molar-refractivity contribution in [1.29, 1.82) is 0 Å². The number of pyridine rings is 2. The van der Waals surface area contributed by atoms with Gasteiger partial charge in [0.25, 0.3) is 0 Å². The minimum atomic E-state index is -4.11. The molecule has 0 saturated carbocycles. The summed E-state index contributed by atoms with van der Waals surface area (Å²) >= 11 is 0. The summed E-state index contributed by atoms with van der Waals surface area (Å²) in [7, 11) is -4.11. The highest BCUT2D eigenvalue weighted by atomic mass is 32.2. The van der Waals surface area contributed by atoms with Gasteiger partial charge in [-0.15, -0.1) is 0 Å². The lowest BCUT2D eigenvalue weighted by atomic mass is 10.1. The Labute approximate surface area is 198 Å². The number of rotatable bonds is 6. The van der Waals surface area contributed by atoms with Crippen molar-refractivity contribution < 1.29 is 13.2 Å². The second-order valence-corrected chi connectivity index (χ2v) is 10.1. The SMILES string of the molecule is CCc1ccccc1NC(=O)Cn1cc(S(=O)(=O)c2ccc(C)cc2)c(=O)c2ccc(C)nc21. The first kappa shape index (κ1) is 23.4. The molecule has 0 bridgehead atoms. The third-order valence-electron chi connectivity index (χ3n) is 5.64. The fraction of sp³-hybridized carbons (Fsp3) is 0.192. The standard InChI is InChI=1S/C26H25N3O4S/c1-4-19-7-5-6-8-22(19)28-24(30)16-29-15-23(25(31)21-14-11-18(3)27-26(21)29)34(32,33)20-12-9-17(2)10-13-20/h5-15H,4,16H2,1-3H3,(H,28,30). The zero-order chi connectivity index (χ0) is 24.5. The van der Waals surface area contributed by atoms with Crippen molar-refractivity contribution in [3.63, 3.8) is 0 Å². The maximum Gasteiger partial charge on any atom is 0.244 e. The summed E-state index contributed by atoms with van der Waals surface area (Å²) in [6, 6.07) is 17.0. The molecule has 1 N–H and O–H groups in total. The van der Waals surface area contributed by atoms with Gasteiger partial charge in [0.15, 0.2) is 0 Å². The molecule has 174 valence electrons. The van der Waals surface area contributed by atoms with Crippen molar-refractivity contribution in [1.82, 2.24) is 9.55 Å². The molecule has 0 aliphatic rings. The Kier molecular flexibility index (Phi) is 6.34. The number of carbonyl (C=O) groups is 1. The molecule has 0 spiro atoms. The number of nitrogens with zero attached hydrogens (tertiary/aromatic N) is 2. The lowest BCUT2D eigenvalue weighted by molar-refractivity contribution is -0.116. The number of aryl methyl sites for hydroxylation is 3. The van der Waals surface area contributed by atoms with Gasteiger partial charge in [-0.3, -0.25) is 9.59 Å². The van der Waals surface area contributed by atoms with E-state index in [2.05, 4.69) is 10.3 Å². The number of amides is 1. The van der Waals surface area contributed by atoms with Gasteiger partial charge < -0.3 is 9.88 Å². The van der Waals surface area contributed by atoms with Crippen LogP contribution in [0.4, 0.5) is 5.69 Å². The summed E-state index contributed by atoms with van der Waals surface area (Å²) in [5, 5.41) is 3.02. The van der Waals surface area contributed by atoms with Gasteiger partial charge in [-0.2, -0.15) is 0 Å². The van der Waals surface area contributed by atoms with Crippen molar-refractivity contribution in [2.24, 2.45) is 0 Å². The lowest BCUT2D eigenvalue weighted by Gasteiger charge is -2.15. The summed E-state index contributed by atoms with van der Waals surface area (Å²) in [5.41, 5.74) is 2.84. The molecule has 0 aliphatic carbocycles. The molecule has 1 amide bonds. The zero-order valence-electron chi connectivity index (χ0n) is 19.2. The first-order valence-corrected chi connectivity index (χ1v) is 12.4. The van der Waals surface area contributed by atoms with Gasteiger partial charge in [0.1, 0.15) is 17.1 Å².